The van der Waals surface area contributed by atoms with Gasteiger partial charge < -0.3 is 26.0 Å². The van der Waals surface area contributed by atoms with E-state index in [4.69, 9.17) is 20.0 Å². The number of pyridine rings is 1. The summed E-state index contributed by atoms with van der Waals surface area (Å²) in [5.41, 5.74) is 7.27. The molecule has 2 fully saturated rings. The number of aromatic nitrogens is 4. The van der Waals surface area contributed by atoms with Crippen LogP contribution in [0.4, 0.5) is 34.8 Å². The number of amides is 1. The van der Waals surface area contributed by atoms with Crippen LogP contribution in [-0.4, -0.2) is 81.6 Å². The molecule has 2 aliphatic heterocycles. The number of aliphatic carboxylic acids is 1. The molecule has 0 unspecified atom stereocenters. The zero-order chi connectivity index (χ0) is 31.9. The minimum absolute atomic E-state index is 0.285. The van der Waals surface area contributed by atoms with E-state index in [9.17, 15) is 22.4 Å². The third-order valence-corrected chi connectivity index (χ3v) is 8.02. The van der Waals surface area contributed by atoms with E-state index in [1.165, 1.54) is 17.3 Å². The van der Waals surface area contributed by atoms with Gasteiger partial charge in [-0.3, -0.25) is 9.78 Å². The number of carboxylic acids is 1. The van der Waals surface area contributed by atoms with Crippen LogP contribution in [0.5, 0.6) is 0 Å². The Kier molecular flexibility index (Phi) is 8.03. The molecule has 15 heteroatoms. The highest BCUT2D eigenvalue weighted by Crippen LogP contribution is 2.40. The number of nitrogens with one attached hydrogen (secondary N) is 3. The number of rotatable bonds is 7. The van der Waals surface area contributed by atoms with Crippen molar-refractivity contribution in [2.45, 2.75) is 37.7 Å². The Balaban J connectivity index is 0.000000460. The van der Waals surface area contributed by atoms with E-state index in [2.05, 4.69) is 56.2 Å². The Morgan fingerprint density at radius 3 is 2.49 bits per heavy atom. The lowest BCUT2D eigenvalue weighted by Gasteiger charge is -2.26. The zero-order valence-electron chi connectivity index (χ0n) is 24.1. The van der Waals surface area contributed by atoms with Gasteiger partial charge in [0, 0.05) is 43.5 Å². The van der Waals surface area contributed by atoms with E-state index in [-0.39, 0.29) is 11.6 Å². The number of fused-ring (bicyclic) bond motifs is 2. The van der Waals surface area contributed by atoms with Crippen LogP contribution >= 0.6 is 0 Å². The normalized spacial score (nSPS) is 18.9. The highest BCUT2D eigenvalue weighted by Gasteiger charge is 2.39. The van der Waals surface area contributed by atoms with Gasteiger partial charge in [-0.25, -0.2) is 18.7 Å². The third-order valence-electron chi connectivity index (χ3n) is 8.02. The summed E-state index contributed by atoms with van der Waals surface area (Å²) < 4.78 is 46.7. The highest BCUT2D eigenvalue weighted by molar-refractivity contribution is 5.94. The number of hydrogen-bond donors (Lipinski definition) is 4. The summed E-state index contributed by atoms with van der Waals surface area (Å²) in [6.45, 7) is 2.92. The summed E-state index contributed by atoms with van der Waals surface area (Å²) in [5.74, 6) is -1.72. The van der Waals surface area contributed by atoms with Gasteiger partial charge in [0.15, 0.2) is 17.2 Å². The molecule has 0 radical (unpaired) electrons. The molecule has 45 heavy (non-hydrogen) atoms. The van der Waals surface area contributed by atoms with Crippen molar-refractivity contribution >= 4 is 34.7 Å². The molecule has 11 nitrogen and oxygen atoms in total. The number of nitrogens with zero attached hydrogens (tertiary/aromatic N) is 5. The second kappa shape index (κ2) is 12.0. The fourth-order valence-electron chi connectivity index (χ4n) is 5.42. The first-order chi connectivity index (χ1) is 21.5. The SMILES string of the molecule is CNc1cc(N2CCc3c(-c4ccc(CC5CNC5)cn4)cccc32)nn2c(C(=O)N[C@@H]3C[C@@H]3F)cnc12.O=C(O)C(F)(F)F. The fraction of sp³-hybridized carbons (Fsp3) is 0.367. The lowest BCUT2D eigenvalue weighted by molar-refractivity contribution is -0.192. The maximum absolute atomic E-state index is 13.4. The summed E-state index contributed by atoms with van der Waals surface area (Å²) in [4.78, 5) is 33.1. The average Bonchev–Trinajstić information content (AvgIpc) is 3.34. The number of carbonyl (C=O) groups excluding carboxylic acids is 1. The second-order valence-electron chi connectivity index (χ2n) is 11.2. The lowest BCUT2D eigenvalue weighted by atomic mass is 9.94. The topological polar surface area (TPSA) is 137 Å². The van der Waals surface area contributed by atoms with Crippen LogP contribution in [0.1, 0.15) is 28.0 Å². The molecule has 0 bridgehead atoms. The number of benzene rings is 1. The Bertz CT molecular complexity index is 1740. The molecule has 7 rings (SSSR count). The molecule has 1 saturated carbocycles. The predicted molar refractivity (Wildman–Crippen MR) is 157 cm³/mol. The van der Waals surface area contributed by atoms with Crippen molar-refractivity contribution in [2.75, 3.05) is 36.9 Å². The first kappa shape index (κ1) is 30.2. The molecule has 3 aliphatic rings. The molecule has 4 aromatic rings. The maximum atomic E-state index is 13.4. The minimum atomic E-state index is -5.08. The van der Waals surface area contributed by atoms with Gasteiger partial charge in [0.25, 0.3) is 5.91 Å². The van der Waals surface area contributed by atoms with E-state index in [0.29, 0.717) is 23.8 Å². The molecule has 236 valence electrons. The number of imidazole rings is 1. The van der Waals surface area contributed by atoms with Gasteiger partial charge >= 0.3 is 12.1 Å². The van der Waals surface area contributed by atoms with Crippen LogP contribution in [0.3, 0.4) is 0 Å². The molecule has 1 saturated heterocycles. The smallest absolute Gasteiger partial charge is 0.475 e. The highest BCUT2D eigenvalue weighted by atomic mass is 19.4. The molecule has 4 N–H and O–H groups in total. The standard InChI is InChI=1S/C28H29FN8O.C2HF3O2/c1-30-23-11-26(35-37-25(15-33-27(23)37)28(38)34-22-10-20(22)29)36-8-7-19-18(3-2-4-24(19)36)21-6-5-16(14-32-21)9-17-12-31-13-17;3-2(4,5)1(6)7/h2-6,11,14-15,17,20,22,30-31H,7-10,12-13H2,1H3,(H,34,38);(H,6,7)/t20-,22+;/m0./s1. The van der Waals surface area contributed by atoms with E-state index in [1.54, 1.807) is 4.52 Å². The fourth-order valence-corrected chi connectivity index (χ4v) is 5.42. The van der Waals surface area contributed by atoms with Gasteiger partial charge in [0.2, 0.25) is 0 Å². The van der Waals surface area contributed by atoms with Gasteiger partial charge in [-0.1, -0.05) is 18.2 Å². The average molecular weight is 627 g/mol. The van der Waals surface area contributed by atoms with E-state index >= 15 is 0 Å². The molecule has 1 amide bonds. The maximum Gasteiger partial charge on any atom is 0.490 e. The summed E-state index contributed by atoms with van der Waals surface area (Å²) in [5, 5.41) is 21.2. The number of anilines is 3. The summed E-state index contributed by atoms with van der Waals surface area (Å²) in [7, 11) is 1.82. The molecule has 0 spiro atoms. The van der Waals surface area contributed by atoms with Crippen LogP contribution in [0, 0.1) is 5.92 Å². The van der Waals surface area contributed by atoms with Gasteiger partial charge in [0.1, 0.15) is 6.17 Å². The summed E-state index contributed by atoms with van der Waals surface area (Å²) >= 11 is 0. The lowest BCUT2D eigenvalue weighted by Crippen LogP contribution is -2.43. The number of hydrogen-bond acceptors (Lipinski definition) is 8. The zero-order valence-corrected chi connectivity index (χ0v) is 24.1. The Hall–Kier alpha value is -4.79. The Morgan fingerprint density at radius 1 is 1.13 bits per heavy atom. The Morgan fingerprint density at radius 2 is 1.89 bits per heavy atom. The summed E-state index contributed by atoms with van der Waals surface area (Å²) in [6, 6.07) is 12.1. The molecular formula is C30H30F4N8O3. The molecule has 5 heterocycles. The largest absolute Gasteiger partial charge is 0.490 e. The van der Waals surface area contributed by atoms with E-state index in [0.717, 1.165) is 55.1 Å². The second-order valence-corrected chi connectivity index (χ2v) is 11.2. The first-order valence-corrected chi connectivity index (χ1v) is 14.4. The summed E-state index contributed by atoms with van der Waals surface area (Å²) in [6.07, 6.45) is -0.293. The van der Waals surface area contributed by atoms with Crippen molar-refractivity contribution in [3.8, 4) is 11.3 Å². The van der Waals surface area contributed by atoms with Crippen LogP contribution in [0.2, 0.25) is 0 Å². The molecule has 1 aliphatic carbocycles. The first-order valence-electron chi connectivity index (χ1n) is 14.4. The van der Waals surface area contributed by atoms with Crippen molar-refractivity contribution in [3.05, 3.63) is 65.6 Å². The number of carboxylic acid groups (broad SMARTS) is 1. The van der Waals surface area contributed by atoms with E-state index in [1.807, 2.05) is 19.3 Å². The van der Waals surface area contributed by atoms with Crippen LogP contribution in [-0.2, 0) is 17.6 Å². The molecular weight excluding hydrogens is 596 g/mol. The van der Waals surface area contributed by atoms with Crippen molar-refractivity contribution < 1.29 is 32.3 Å². The van der Waals surface area contributed by atoms with Crippen LogP contribution < -0.4 is 20.9 Å². The van der Waals surface area contributed by atoms with Gasteiger partial charge in [-0.05, 0) is 55.1 Å². The van der Waals surface area contributed by atoms with E-state index < -0.39 is 24.4 Å². The van der Waals surface area contributed by atoms with Crippen molar-refractivity contribution in [1.29, 1.82) is 0 Å². The number of halogens is 4. The molecule has 3 aromatic heterocycles. The van der Waals surface area contributed by atoms with Crippen molar-refractivity contribution in [3.63, 3.8) is 0 Å². The number of alkyl halides is 4. The van der Waals surface area contributed by atoms with Gasteiger partial charge in [-0.2, -0.15) is 13.2 Å². The third kappa shape index (κ3) is 6.25. The van der Waals surface area contributed by atoms with Crippen molar-refractivity contribution in [1.82, 2.24) is 30.2 Å². The monoisotopic (exact) mass is 626 g/mol. The van der Waals surface area contributed by atoms with Crippen LogP contribution in [0.25, 0.3) is 16.9 Å². The predicted octanol–water partition coefficient (Wildman–Crippen LogP) is 3.76. The number of carbonyl (C=O) groups is 2. The quantitative estimate of drug-likeness (QED) is 0.226. The van der Waals surface area contributed by atoms with Gasteiger partial charge in [0.05, 0.1) is 23.6 Å². The minimum Gasteiger partial charge on any atom is -0.475 e. The van der Waals surface area contributed by atoms with Crippen molar-refractivity contribution in [2.24, 2.45) is 5.92 Å². The molecule has 1 aromatic carbocycles. The molecule has 2 atom stereocenters. The Labute approximate surface area is 254 Å². The van der Waals surface area contributed by atoms with Crippen LogP contribution in [0.15, 0.2) is 48.8 Å². The van der Waals surface area contributed by atoms with Gasteiger partial charge in [-0.15, -0.1) is 5.10 Å².